The fourth-order valence-electron chi connectivity index (χ4n) is 4.10. The third-order valence-electron chi connectivity index (χ3n) is 5.97. The molecule has 2 unspecified atom stereocenters. The quantitative estimate of drug-likeness (QED) is 0.507. The van der Waals surface area contributed by atoms with Crippen molar-refractivity contribution in [3.8, 4) is 5.75 Å². The molecule has 2 amide bonds. The molecule has 0 radical (unpaired) electrons. The second kappa shape index (κ2) is 12.3. The van der Waals surface area contributed by atoms with E-state index in [1.807, 2.05) is 54.2 Å². The molecule has 2 aromatic carbocycles. The third kappa shape index (κ3) is 6.76. The lowest BCUT2D eigenvalue weighted by Gasteiger charge is -2.33. The SMILES string of the molecule is COc1ccc(C(=O)N2C(CC(C)C)SCC2C(=O)N(CCN(C)C)Cc2ccccc2)cc1. The summed E-state index contributed by atoms with van der Waals surface area (Å²) in [5.41, 5.74) is 1.67. The number of benzene rings is 2. The van der Waals surface area contributed by atoms with Crippen molar-refractivity contribution in [2.75, 3.05) is 40.0 Å². The largest absolute Gasteiger partial charge is 0.497 e. The zero-order valence-electron chi connectivity index (χ0n) is 20.9. The number of rotatable bonds is 10. The Kier molecular flexibility index (Phi) is 9.42. The van der Waals surface area contributed by atoms with Crippen LogP contribution >= 0.6 is 11.8 Å². The number of likely N-dealkylation sites (N-methyl/N-ethyl adjacent to an activating group) is 1. The Morgan fingerprint density at radius 3 is 2.32 bits per heavy atom. The Morgan fingerprint density at radius 1 is 1.06 bits per heavy atom. The van der Waals surface area contributed by atoms with Gasteiger partial charge in [-0.05, 0) is 56.3 Å². The molecule has 6 nitrogen and oxygen atoms in total. The van der Waals surface area contributed by atoms with Gasteiger partial charge in [0.25, 0.3) is 5.91 Å². The Balaban J connectivity index is 1.88. The molecule has 0 N–H and O–H groups in total. The smallest absolute Gasteiger partial charge is 0.255 e. The molecule has 34 heavy (non-hydrogen) atoms. The summed E-state index contributed by atoms with van der Waals surface area (Å²) in [6.07, 6.45) is 0.854. The van der Waals surface area contributed by atoms with Crippen LogP contribution in [0.1, 0.15) is 36.2 Å². The minimum atomic E-state index is -0.478. The Labute approximate surface area is 208 Å². The number of ether oxygens (including phenoxy) is 1. The second-order valence-electron chi connectivity index (χ2n) is 9.42. The molecule has 2 atom stereocenters. The topological polar surface area (TPSA) is 53.1 Å². The number of methoxy groups -OCH3 is 1. The lowest BCUT2D eigenvalue weighted by Crippen LogP contribution is -2.52. The van der Waals surface area contributed by atoms with Crippen LogP contribution in [-0.2, 0) is 11.3 Å². The number of carbonyl (C=O) groups excluding carboxylic acids is 2. The summed E-state index contributed by atoms with van der Waals surface area (Å²) in [7, 11) is 5.62. The van der Waals surface area contributed by atoms with Crippen LogP contribution in [-0.4, -0.2) is 78.0 Å². The molecular weight excluding hydrogens is 446 g/mol. The van der Waals surface area contributed by atoms with E-state index in [0.29, 0.717) is 36.1 Å². The Bertz CT molecular complexity index is 934. The van der Waals surface area contributed by atoms with Crippen molar-refractivity contribution >= 4 is 23.6 Å². The monoisotopic (exact) mass is 483 g/mol. The molecule has 0 aliphatic carbocycles. The van der Waals surface area contributed by atoms with Crippen LogP contribution in [0, 0.1) is 5.92 Å². The number of hydrogen-bond acceptors (Lipinski definition) is 5. The van der Waals surface area contributed by atoms with Crippen LogP contribution in [0.15, 0.2) is 54.6 Å². The van der Waals surface area contributed by atoms with Gasteiger partial charge in [-0.15, -0.1) is 11.8 Å². The maximum absolute atomic E-state index is 13.9. The summed E-state index contributed by atoms with van der Waals surface area (Å²) in [5, 5.41) is -0.0176. The van der Waals surface area contributed by atoms with Crippen molar-refractivity contribution in [3.05, 3.63) is 65.7 Å². The van der Waals surface area contributed by atoms with Crippen LogP contribution in [0.4, 0.5) is 0 Å². The fourth-order valence-corrected chi connectivity index (χ4v) is 5.73. The summed E-state index contributed by atoms with van der Waals surface area (Å²) in [6, 6.07) is 16.7. The molecule has 184 valence electrons. The normalized spacial score (nSPS) is 17.9. The number of carbonyl (C=O) groups is 2. The van der Waals surface area contributed by atoms with Crippen LogP contribution in [0.25, 0.3) is 0 Å². The van der Waals surface area contributed by atoms with Crippen LogP contribution in [0.3, 0.4) is 0 Å². The molecule has 7 heteroatoms. The summed E-state index contributed by atoms with van der Waals surface area (Å²) in [4.78, 5) is 33.4. The van der Waals surface area contributed by atoms with Gasteiger partial charge in [-0.25, -0.2) is 0 Å². The van der Waals surface area contributed by atoms with Crippen molar-refractivity contribution in [2.45, 2.75) is 38.2 Å². The minimum absolute atomic E-state index is 0.0176. The van der Waals surface area contributed by atoms with E-state index in [2.05, 4.69) is 18.7 Å². The van der Waals surface area contributed by atoms with Gasteiger partial charge in [0, 0.05) is 31.0 Å². The third-order valence-corrected chi connectivity index (χ3v) is 7.28. The van der Waals surface area contributed by atoms with Crippen molar-refractivity contribution in [1.82, 2.24) is 14.7 Å². The molecule has 1 saturated heterocycles. The minimum Gasteiger partial charge on any atom is -0.497 e. The highest BCUT2D eigenvalue weighted by atomic mass is 32.2. The number of thioether (sulfide) groups is 1. The van der Waals surface area contributed by atoms with Crippen LogP contribution < -0.4 is 4.74 Å². The molecule has 1 heterocycles. The maximum atomic E-state index is 13.9. The van der Waals surface area contributed by atoms with Gasteiger partial charge in [0.1, 0.15) is 11.8 Å². The van der Waals surface area contributed by atoms with E-state index in [1.54, 1.807) is 43.1 Å². The van der Waals surface area contributed by atoms with Crippen molar-refractivity contribution in [3.63, 3.8) is 0 Å². The van der Waals surface area contributed by atoms with Crippen molar-refractivity contribution in [2.24, 2.45) is 5.92 Å². The molecule has 0 bridgehead atoms. The van der Waals surface area contributed by atoms with E-state index in [-0.39, 0.29) is 17.2 Å². The summed E-state index contributed by atoms with van der Waals surface area (Å²) in [5.74, 6) is 1.67. The Morgan fingerprint density at radius 2 is 1.74 bits per heavy atom. The summed E-state index contributed by atoms with van der Waals surface area (Å²) >= 11 is 1.72. The number of nitrogens with zero attached hydrogens (tertiary/aromatic N) is 3. The van der Waals surface area contributed by atoms with Gasteiger partial charge in [0.15, 0.2) is 0 Å². The molecule has 0 spiro atoms. The second-order valence-corrected chi connectivity index (χ2v) is 10.6. The summed E-state index contributed by atoms with van der Waals surface area (Å²) in [6.45, 7) is 6.23. The van der Waals surface area contributed by atoms with Crippen molar-refractivity contribution in [1.29, 1.82) is 0 Å². The highest BCUT2D eigenvalue weighted by molar-refractivity contribution is 8.00. The van der Waals surface area contributed by atoms with E-state index in [1.165, 1.54) is 0 Å². The zero-order valence-corrected chi connectivity index (χ0v) is 21.8. The standard InChI is InChI=1S/C27H37N3O3S/c1-20(2)17-25-30(26(31)22-11-13-23(33-5)14-12-22)24(19-34-25)27(32)29(16-15-28(3)4)18-21-9-7-6-8-10-21/h6-14,20,24-25H,15-19H2,1-5H3. The predicted molar refractivity (Wildman–Crippen MR) is 139 cm³/mol. The van der Waals surface area contributed by atoms with Gasteiger partial charge < -0.3 is 19.4 Å². The molecule has 0 aromatic heterocycles. The average molecular weight is 484 g/mol. The van der Waals surface area contributed by atoms with Crippen LogP contribution in [0.2, 0.25) is 0 Å². The van der Waals surface area contributed by atoms with E-state index in [9.17, 15) is 9.59 Å². The molecule has 2 aromatic rings. The summed E-state index contributed by atoms with van der Waals surface area (Å²) < 4.78 is 5.25. The van der Waals surface area contributed by atoms with E-state index in [4.69, 9.17) is 4.74 Å². The molecule has 1 aliphatic heterocycles. The van der Waals surface area contributed by atoms with Crippen LogP contribution in [0.5, 0.6) is 5.75 Å². The molecule has 0 saturated carbocycles. The lowest BCUT2D eigenvalue weighted by molar-refractivity contribution is -0.136. The van der Waals surface area contributed by atoms with E-state index in [0.717, 1.165) is 18.5 Å². The van der Waals surface area contributed by atoms with Gasteiger partial charge >= 0.3 is 0 Å². The van der Waals surface area contributed by atoms with E-state index >= 15 is 0 Å². The van der Waals surface area contributed by atoms with Crippen molar-refractivity contribution < 1.29 is 14.3 Å². The number of hydrogen-bond donors (Lipinski definition) is 0. The maximum Gasteiger partial charge on any atom is 0.255 e. The first-order valence-corrected chi connectivity index (χ1v) is 12.9. The fraction of sp³-hybridized carbons (Fsp3) is 0.481. The first-order valence-electron chi connectivity index (χ1n) is 11.9. The Hall–Kier alpha value is -2.51. The average Bonchev–Trinajstić information content (AvgIpc) is 3.24. The highest BCUT2D eigenvalue weighted by Gasteiger charge is 2.43. The molecular formula is C27H37N3O3S. The van der Waals surface area contributed by atoms with Gasteiger partial charge in [0.05, 0.1) is 12.5 Å². The van der Waals surface area contributed by atoms with Gasteiger partial charge in [0.2, 0.25) is 5.91 Å². The van der Waals surface area contributed by atoms with Gasteiger partial charge in [-0.3, -0.25) is 9.59 Å². The van der Waals surface area contributed by atoms with E-state index < -0.39 is 6.04 Å². The number of amides is 2. The van der Waals surface area contributed by atoms with Gasteiger partial charge in [-0.1, -0.05) is 44.2 Å². The predicted octanol–water partition coefficient (Wildman–Crippen LogP) is 4.22. The van der Waals surface area contributed by atoms with Gasteiger partial charge in [-0.2, -0.15) is 0 Å². The molecule has 1 fully saturated rings. The first-order chi connectivity index (χ1) is 16.3. The highest BCUT2D eigenvalue weighted by Crippen LogP contribution is 2.35. The first kappa shape index (κ1) is 26.1. The molecule has 1 aliphatic rings. The zero-order chi connectivity index (χ0) is 24.7. The molecule has 3 rings (SSSR count). The lowest BCUT2D eigenvalue weighted by atomic mass is 10.1.